The number of ether oxygens (including phenoxy) is 3. The van der Waals surface area contributed by atoms with Gasteiger partial charge in [-0.25, -0.2) is 14.6 Å². The van der Waals surface area contributed by atoms with Crippen molar-refractivity contribution in [2.24, 2.45) is 10.8 Å². The summed E-state index contributed by atoms with van der Waals surface area (Å²) in [6, 6.07) is 4.89. The normalized spacial score (nSPS) is 11.6. The summed E-state index contributed by atoms with van der Waals surface area (Å²) in [5.74, 6) is 0.263. The van der Waals surface area contributed by atoms with E-state index in [0.29, 0.717) is 24.2 Å². The molecule has 2 rings (SSSR count). The topological polar surface area (TPSA) is 121 Å². The van der Waals surface area contributed by atoms with Crippen molar-refractivity contribution in [2.75, 3.05) is 24.7 Å². The molecule has 0 radical (unpaired) electrons. The molecule has 2 aromatic heterocycles. The highest BCUT2D eigenvalue weighted by atomic mass is 16.6. The lowest BCUT2D eigenvalue weighted by Crippen LogP contribution is -2.41. The second-order valence-electron chi connectivity index (χ2n) is 9.84. The van der Waals surface area contributed by atoms with Gasteiger partial charge in [0, 0.05) is 18.7 Å². The molecule has 0 atom stereocenters. The molecule has 33 heavy (non-hydrogen) atoms. The Hall–Kier alpha value is -3.43. The Bertz CT molecular complexity index is 927. The first kappa shape index (κ1) is 25.8. The molecule has 0 aliphatic carbocycles. The molecule has 180 valence electrons. The van der Waals surface area contributed by atoms with Gasteiger partial charge in [0.15, 0.2) is 11.6 Å². The van der Waals surface area contributed by atoms with E-state index in [4.69, 9.17) is 14.0 Å². The Labute approximate surface area is 193 Å². The van der Waals surface area contributed by atoms with E-state index in [0.717, 1.165) is 4.90 Å². The van der Waals surface area contributed by atoms with E-state index < -0.39 is 12.2 Å². The van der Waals surface area contributed by atoms with Crippen LogP contribution < -0.4 is 4.90 Å². The van der Waals surface area contributed by atoms with Crippen molar-refractivity contribution in [1.82, 2.24) is 10.1 Å². The minimum atomic E-state index is -0.914. The summed E-state index contributed by atoms with van der Waals surface area (Å²) in [7, 11) is 0. The van der Waals surface area contributed by atoms with Gasteiger partial charge in [0.05, 0.1) is 31.1 Å². The molecule has 0 bridgehead atoms. The molecule has 10 heteroatoms. The first-order valence-electron chi connectivity index (χ1n) is 10.5. The molecular weight excluding hydrogens is 430 g/mol. The Balaban J connectivity index is 2.39. The maximum Gasteiger partial charge on any atom is 0.425 e. The molecule has 2 amide bonds. The van der Waals surface area contributed by atoms with Gasteiger partial charge in [-0.3, -0.25) is 4.79 Å². The highest BCUT2D eigenvalue weighted by Crippen LogP contribution is 2.31. The van der Waals surface area contributed by atoms with Crippen LogP contribution >= 0.6 is 0 Å². The lowest BCUT2D eigenvalue weighted by molar-refractivity contribution is -0.128. The van der Waals surface area contributed by atoms with Crippen molar-refractivity contribution < 1.29 is 33.1 Å². The molecule has 0 aliphatic heterocycles. The quantitative estimate of drug-likeness (QED) is 0.315. The molecule has 10 nitrogen and oxygen atoms in total. The van der Waals surface area contributed by atoms with Crippen molar-refractivity contribution in [3.8, 4) is 11.3 Å². The fourth-order valence-corrected chi connectivity index (χ4v) is 2.47. The number of amides is 2. The van der Waals surface area contributed by atoms with Crippen LogP contribution in [0, 0.1) is 10.8 Å². The Morgan fingerprint density at radius 3 is 2.21 bits per heavy atom. The minimum Gasteiger partial charge on any atom is -0.467 e. The lowest BCUT2D eigenvalue weighted by atomic mass is 9.99. The van der Waals surface area contributed by atoms with Gasteiger partial charge in [-0.15, -0.1) is 0 Å². The van der Waals surface area contributed by atoms with E-state index in [9.17, 15) is 14.4 Å². The highest BCUT2D eigenvalue weighted by molar-refractivity contribution is 6.10. The summed E-state index contributed by atoms with van der Waals surface area (Å²) in [6.45, 7) is 12.1. The zero-order chi connectivity index (χ0) is 24.6. The van der Waals surface area contributed by atoms with Gasteiger partial charge in [-0.2, -0.15) is 4.90 Å². The van der Waals surface area contributed by atoms with Crippen LogP contribution in [-0.4, -0.2) is 48.6 Å². The van der Waals surface area contributed by atoms with Gasteiger partial charge in [0.2, 0.25) is 0 Å². The summed E-state index contributed by atoms with van der Waals surface area (Å²) in [5.41, 5.74) is 0.242. The molecule has 0 saturated carbocycles. The predicted octanol–water partition coefficient (Wildman–Crippen LogP) is 4.62. The molecule has 0 spiro atoms. The number of hydrogen-bond donors (Lipinski definition) is 0. The highest BCUT2D eigenvalue weighted by Gasteiger charge is 2.33. The number of anilines is 1. The number of rotatable bonds is 8. The number of hydrogen-bond acceptors (Lipinski definition) is 9. The van der Waals surface area contributed by atoms with E-state index in [1.165, 1.54) is 6.20 Å². The molecule has 0 aromatic carbocycles. The van der Waals surface area contributed by atoms with Crippen LogP contribution in [0.1, 0.15) is 47.2 Å². The van der Waals surface area contributed by atoms with Crippen molar-refractivity contribution in [3.05, 3.63) is 30.1 Å². The van der Waals surface area contributed by atoms with E-state index in [-0.39, 0.29) is 42.2 Å². The average molecular weight is 462 g/mol. The van der Waals surface area contributed by atoms with Crippen LogP contribution in [0.4, 0.5) is 15.4 Å². The second-order valence-corrected chi connectivity index (χ2v) is 9.84. The van der Waals surface area contributed by atoms with Gasteiger partial charge < -0.3 is 18.7 Å². The molecule has 0 aliphatic rings. The van der Waals surface area contributed by atoms with Gasteiger partial charge >= 0.3 is 12.2 Å². The van der Waals surface area contributed by atoms with Crippen molar-refractivity contribution in [3.63, 3.8) is 0 Å². The third-order valence-corrected chi connectivity index (χ3v) is 3.99. The van der Waals surface area contributed by atoms with Crippen LogP contribution in [0.2, 0.25) is 0 Å². The average Bonchev–Trinajstić information content (AvgIpc) is 3.19. The Morgan fingerprint density at radius 2 is 1.67 bits per heavy atom. The number of nitrogens with zero attached hydrogens (tertiary/aromatic N) is 3. The van der Waals surface area contributed by atoms with Crippen molar-refractivity contribution >= 4 is 24.5 Å². The Morgan fingerprint density at radius 1 is 1.06 bits per heavy atom. The summed E-state index contributed by atoms with van der Waals surface area (Å²) in [5, 5.41) is 3.94. The summed E-state index contributed by atoms with van der Waals surface area (Å²) < 4.78 is 20.9. The third kappa shape index (κ3) is 8.21. The van der Waals surface area contributed by atoms with Gasteiger partial charge in [-0.05, 0) is 23.0 Å². The van der Waals surface area contributed by atoms with Gasteiger partial charge in [0.1, 0.15) is 0 Å². The van der Waals surface area contributed by atoms with Crippen LogP contribution in [0.5, 0.6) is 0 Å². The summed E-state index contributed by atoms with van der Waals surface area (Å²) in [6.07, 6.45) is -0.0522. The minimum absolute atomic E-state index is 0.0119. The fourth-order valence-electron chi connectivity index (χ4n) is 2.47. The fraction of sp³-hybridized carbons (Fsp3) is 0.522. The first-order valence-corrected chi connectivity index (χ1v) is 10.5. The van der Waals surface area contributed by atoms with Crippen molar-refractivity contribution in [2.45, 2.75) is 48.0 Å². The number of imide groups is 1. The van der Waals surface area contributed by atoms with Crippen molar-refractivity contribution in [1.29, 1.82) is 0 Å². The lowest BCUT2D eigenvalue weighted by Gasteiger charge is -2.25. The van der Waals surface area contributed by atoms with E-state index in [2.05, 4.69) is 14.9 Å². The van der Waals surface area contributed by atoms with Crippen LogP contribution in [0.25, 0.3) is 11.3 Å². The molecule has 0 N–H and O–H groups in total. The largest absolute Gasteiger partial charge is 0.467 e. The van der Waals surface area contributed by atoms with Crippen LogP contribution in [0.3, 0.4) is 0 Å². The summed E-state index contributed by atoms with van der Waals surface area (Å²) >= 11 is 0. The van der Waals surface area contributed by atoms with E-state index in [1.54, 1.807) is 18.2 Å². The standard InChI is InChI=1S/C23H31N3O7/c1-22(2,3)13-31-20(28)26(21(29)32-14-23(4,5)6)19-17(8-7-10-24-19)18-12-16(25-33-18)9-11-30-15-27/h7-8,10,12,15H,9,11,13-14H2,1-6H3. The number of aromatic nitrogens is 2. The van der Waals surface area contributed by atoms with Crippen LogP contribution in [-0.2, 0) is 25.4 Å². The molecular formula is C23H31N3O7. The predicted molar refractivity (Wildman–Crippen MR) is 120 cm³/mol. The number of pyridine rings is 1. The Kier molecular flexibility index (Phi) is 8.56. The molecule has 0 saturated heterocycles. The number of carbonyl (C=O) groups excluding carboxylic acids is 3. The smallest absolute Gasteiger partial charge is 0.425 e. The van der Waals surface area contributed by atoms with E-state index >= 15 is 0 Å². The van der Waals surface area contributed by atoms with Gasteiger partial charge in [-0.1, -0.05) is 46.7 Å². The van der Waals surface area contributed by atoms with Crippen LogP contribution in [0.15, 0.2) is 28.9 Å². The zero-order valence-corrected chi connectivity index (χ0v) is 19.9. The number of carbonyl (C=O) groups is 3. The monoisotopic (exact) mass is 461 g/mol. The molecule has 2 heterocycles. The van der Waals surface area contributed by atoms with Gasteiger partial charge in [0.25, 0.3) is 6.47 Å². The van der Waals surface area contributed by atoms with E-state index in [1.807, 2.05) is 41.5 Å². The third-order valence-electron chi connectivity index (χ3n) is 3.99. The zero-order valence-electron chi connectivity index (χ0n) is 19.9. The first-order chi connectivity index (χ1) is 15.4. The molecule has 0 fully saturated rings. The summed E-state index contributed by atoms with van der Waals surface area (Å²) in [4.78, 5) is 41.3. The maximum atomic E-state index is 13.0. The molecule has 0 unspecified atom stereocenters. The SMILES string of the molecule is CC(C)(C)COC(=O)N(C(=O)OCC(C)(C)C)c1ncccc1-c1cc(CCOC=O)no1. The maximum absolute atomic E-state index is 13.0. The second kappa shape index (κ2) is 10.9. The molecule has 2 aromatic rings.